The maximum absolute atomic E-state index is 12.7. The van der Waals surface area contributed by atoms with Crippen molar-refractivity contribution in [2.45, 2.75) is 12.6 Å². The number of ether oxygens (including phenoxy) is 1. The van der Waals surface area contributed by atoms with Crippen LogP contribution in [0.1, 0.15) is 16.1 Å². The Bertz CT molecular complexity index is 697. The van der Waals surface area contributed by atoms with Gasteiger partial charge in [0.05, 0.1) is 25.2 Å². The van der Waals surface area contributed by atoms with Crippen LogP contribution in [-0.4, -0.2) is 64.4 Å². The van der Waals surface area contributed by atoms with Gasteiger partial charge in [0.25, 0.3) is 5.91 Å². The fourth-order valence-corrected chi connectivity index (χ4v) is 3.66. The number of hydrogen-bond donors (Lipinski definition) is 0. The number of amides is 1. The summed E-state index contributed by atoms with van der Waals surface area (Å²) in [5.74, 6) is 0.379. The summed E-state index contributed by atoms with van der Waals surface area (Å²) < 4.78 is 12.8. The van der Waals surface area contributed by atoms with Crippen LogP contribution in [0.25, 0.3) is 0 Å². The van der Waals surface area contributed by atoms with Gasteiger partial charge in [0, 0.05) is 57.4 Å². The molecule has 128 valence electrons. The van der Waals surface area contributed by atoms with Crippen LogP contribution in [0.3, 0.4) is 0 Å². The van der Waals surface area contributed by atoms with Crippen molar-refractivity contribution in [3.05, 3.63) is 42.1 Å². The number of hydrogen-bond acceptors (Lipinski definition) is 5. The van der Waals surface area contributed by atoms with Gasteiger partial charge in [-0.2, -0.15) is 5.10 Å². The minimum absolute atomic E-state index is 0.0352. The Labute approximate surface area is 140 Å². The average molecular weight is 330 g/mol. The molecule has 0 saturated carbocycles. The van der Waals surface area contributed by atoms with Gasteiger partial charge in [0.1, 0.15) is 5.69 Å². The molecule has 2 aliphatic heterocycles. The quantitative estimate of drug-likeness (QED) is 0.840. The van der Waals surface area contributed by atoms with Crippen LogP contribution in [0.5, 0.6) is 0 Å². The first-order valence-electron chi connectivity index (χ1n) is 8.33. The van der Waals surface area contributed by atoms with Crippen molar-refractivity contribution >= 4 is 5.91 Å². The molecular formula is C17H22N4O3. The summed E-state index contributed by atoms with van der Waals surface area (Å²) in [7, 11) is 1.80. The first-order chi connectivity index (χ1) is 11.7. The minimum Gasteiger partial charge on any atom is -0.472 e. The number of rotatable bonds is 3. The summed E-state index contributed by atoms with van der Waals surface area (Å²) in [5.41, 5.74) is 1.80. The minimum atomic E-state index is 0.0352. The predicted octanol–water partition coefficient (Wildman–Crippen LogP) is 0.986. The van der Waals surface area contributed by atoms with E-state index < -0.39 is 0 Å². The van der Waals surface area contributed by atoms with Gasteiger partial charge in [0.15, 0.2) is 0 Å². The van der Waals surface area contributed by atoms with Crippen LogP contribution in [0.15, 0.2) is 35.3 Å². The second kappa shape index (κ2) is 6.41. The standard InChI is InChI=1S/C17H22N4O3/c1-19-15(2-4-18-19)17(22)21-10-14-9-20(5-7-24-16(14)11-21)8-13-3-6-23-12-13/h2-4,6,12,14,16H,5,7-11H2,1H3/t14-,16+/m0/s1. The van der Waals surface area contributed by atoms with Crippen LogP contribution in [0, 0.1) is 5.92 Å². The van der Waals surface area contributed by atoms with Crippen LogP contribution in [-0.2, 0) is 18.3 Å². The van der Waals surface area contributed by atoms with Gasteiger partial charge in [-0.25, -0.2) is 0 Å². The molecule has 2 atom stereocenters. The molecule has 4 heterocycles. The normalized spacial score (nSPS) is 24.8. The fraction of sp³-hybridized carbons (Fsp3) is 0.529. The molecule has 0 aromatic carbocycles. The Kier molecular flexibility index (Phi) is 4.12. The van der Waals surface area contributed by atoms with E-state index in [0.717, 1.165) is 26.2 Å². The molecular weight excluding hydrogens is 308 g/mol. The highest BCUT2D eigenvalue weighted by Gasteiger charge is 2.39. The van der Waals surface area contributed by atoms with E-state index in [9.17, 15) is 4.79 Å². The number of aromatic nitrogens is 2. The van der Waals surface area contributed by atoms with Gasteiger partial charge in [0.2, 0.25) is 0 Å². The average Bonchev–Trinajstić information content (AvgIpc) is 3.28. The number of carbonyl (C=O) groups is 1. The lowest BCUT2D eigenvalue weighted by molar-refractivity contribution is 0.0481. The molecule has 0 aliphatic carbocycles. The highest BCUT2D eigenvalue weighted by atomic mass is 16.5. The van der Waals surface area contributed by atoms with Gasteiger partial charge in [-0.05, 0) is 12.1 Å². The molecule has 7 heteroatoms. The van der Waals surface area contributed by atoms with E-state index in [2.05, 4.69) is 10.00 Å². The summed E-state index contributed by atoms with van der Waals surface area (Å²) in [6.07, 6.45) is 5.27. The van der Waals surface area contributed by atoms with Crippen molar-refractivity contribution in [3.63, 3.8) is 0 Å². The second-order valence-corrected chi connectivity index (χ2v) is 6.59. The lowest BCUT2D eigenvalue weighted by atomic mass is 10.1. The molecule has 2 saturated heterocycles. The monoisotopic (exact) mass is 330 g/mol. The van der Waals surface area contributed by atoms with Crippen LogP contribution < -0.4 is 0 Å². The molecule has 7 nitrogen and oxygen atoms in total. The number of furan rings is 1. The Morgan fingerprint density at radius 2 is 2.25 bits per heavy atom. The first-order valence-corrected chi connectivity index (χ1v) is 8.33. The highest BCUT2D eigenvalue weighted by Crippen LogP contribution is 2.25. The lowest BCUT2D eigenvalue weighted by Crippen LogP contribution is -2.34. The maximum Gasteiger partial charge on any atom is 0.272 e. The predicted molar refractivity (Wildman–Crippen MR) is 86.3 cm³/mol. The number of aryl methyl sites for hydroxylation is 1. The van der Waals surface area contributed by atoms with Crippen molar-refractivity contribution < 1.29 is 13.9 Å². The molecule has 24 heavy (non-hydrogen) atoms. The van der Waals surface area contributed by atoms with Crippen LogP contribution >= 0.6 is 0 Å². The van der Waals surface area contributed by atoms with E-state index in [1.54, 1.807) is 36.5 Å². The molecule has 0 unspecified atom stereocenters. The molecule has 2 aromatic heterocycles. The smallest absolute Gasteiger partial charge is 0.272 e. The Balaban J connectivity index is 1.42. The van der Waals surface area contributed by atoms with E-state index in [0.29, 0.717) is 24.8 Å². The summed E-state index contributed by atoms with van der Waals surface area (Å²) in [6, 6.07) is 3.76. The van der Waals surface area contributed by atoms with Crippen LogP contribution in [0.4, 0.5) is 0 Å². The molecule has 4 rings (SSSR count). The van der Waals surface area contributed by atoms with Gasteiger partial charge in [-0.3, -0.25) is 14.4 Å². The van der Waals surface area contributed by atoms with Crippen molar-refractivity contribution in [2.75, 3.05) is 32.8 Å². The van der Waals surface area contributed by atoms with Crippen molar-refractivity contribution in [1.29, 1.82) is 0 Å². The van der Waals surface area contributed by atoms with Crippen molar-refractivity contribution in [2.24, 2.45) is 13.0 Å². The second-order valence-electron chi connectivity index (χ2n) is 6.59. The van der Waals surface area contributed by atoms with Crippen molar-refractivity contribution in [1.82, 2.24) is 19.6 Å². The summed E-state index contributed by atoms with van der Waals surface area (Å²) >= 11 is 0. The maximum atomic E-state index is 12.7. The van der Waals surface area contributed by atoms with E-state index in [1.807, 2.05) is 11.0 Å². The SMILES string of the molecule is Cn1nccc1C(=O)N1C[C@@H]2CN(Cc3ccoc3)CCO[C@@H]2C1. The van der Waals surface area contributed by atoms with Gasteiger partial charge in [-0.15, -0.1) is 0 Å². The third-order valence-corrected chi connectivity index (χ3v) is 4.93. The van der Waals surface area contributed by atoms with E-state index in [-0.39, 0.29) is 12.0 Å². The number of nitrogens with zero attached hydrogens (tertiary/aromatic N) is 4. The molecule has 2 fully saturated rings. The third kappa shape index (κ3) is 2.97. The number of carbonyl (C=O) groups excluding carboxylic acids is 1. The Hall–Kier alpha value is -2.12. The highest BCUT2D eigenvalue weighted by molar-refractivity contribution is 5.92. The van der Waals surface area contributed by atoms with Crippen LogP contribution in [0.2, 0.25) is 0 Å². The van der Waals surface area contributed by atoms with E-state index in [4.69, 9.17) is 9.15 Å². The van der Waals surface area contributed by atoms with E-state index in [1.165, 1.54) is 5.56 Å². The molecule has 2 aromatic rings. The van der Waals surface area contributed by atoms with E-state index >= 15 is 0 Å². The third-order valence-electron chi connectivity index (χ3n) is 4.93. The zero-order valence-electron chi connectivity index (χ0n) is 13.8. The van der Waals surface area contributed by atoms with Gasteiger partial charge in [-0.1, -0.05) is 0 Å². The van der Waals surface area contributed by atoms with Gasteiger partial charge >= 0.3 is 0 Å². The first kappa shape index (κ1) is 15.4. The number of likely N-dealkylation sites (tertiary alicyclic amines) is 1. The Morgan fingerprint density at radius 3 is 3.00 bits per heavy atom. The molecule has 0 spiro atoms. The van der Waals surface area contributed by atoms with Gasteiger partial charge < -0.3 is 14.1 Å². The summed E-state index contributed by atoms with van der Waals surface area (Å²) in [4.78, 5) is 17.0. The zero-order chi connectivity index (χ0) is 16.5. The number of fused-ring (bicyclic) bond motifs is 1. The topological polar surface area (TPSA) is 63.7 Å². The zero-order valence-corrected chi connectivity index (χ0v) is 13.8. The molecule has 1 amide bonds. The summed E-state index contributed by atoms with van der Waals surface area (Å²) in [5, 5.41) is 4.09. The summed E-state index contributed by atoms with van der Waals surface area (Å²) in [6.45, 7) is 4.80. The molecule has 0 N–H and O–H groups in total. The largest absolute Gasteiger partial charge is 0.472 e. The fourth-order valence-electron chi connectivity index (χ4n) is 3.66. The Morgan fingerprint density at radius 1 is 1.33 bits per heavy atom. The molecule has 0 bridgehead atoms. The molecule has 2 aliphatic rings. The molecule has 0 radical (unpaired) electrons. The van der Waals surface area contributed by atoms with Crippen molar-refractivity contribution in [3.8, 4) is 0 Å². The lowest BCUT2D eigenvalue weighted by Gasteiger charge is -2.22.